The number of hydrogen-bond acceptors (Lipinski definition) is 4. The molecule has 0 bridgehead atoms. The third-order valence-electron chi connectivity index (χ3n) is 4.35. The second-order valence-corrected chi connectivity index (χ2v) is 6.45. The van der Waals surface area contributed by atoms with Crippen LogP contribution in [-0.2, 0) is 25.2 Å². The molecule has 1 N–H and O–H groups in total. The van der Waals surface area contributed by atoms with Crippen molar-refractivity contribution in [3.05, 3.63) is 28.8 Å². The van der Waals surface area contributed by atoms with Crippen molar-refractivity contribution in [1.82, 2.24) is 4.90 Å². The Labute approximate surface area is 152 Å². The maximum Gasteiger partial charge on any atom is 0.417 e. The smallest absolute Gasteiger partial charge is 0.347 e. The number of benzene rings is 1. The molecule has 2 aliphatic heterocycles. The van der Waals surface area contributed by atoms with Gasteiger partial charge in [0.1, 0.15) is 0 Å². The lowest BCUT2D eigenvalue weighted by Gasteiger charge is -2.37. The van der Waals surface area contributed by atoms with E-state index in [1.54, 1.807) is 0 Å². The van der Waals surface area contributed by atoms with Crippen molar-refractivity contribution in [2.45, 2.75) is 24.8 Å². The second-order valence-electron chi connectivity index (χ2n) is 6.05. The number of nitrogens with zero attached hydrogens (tertiary/aromatic N) is 1. The number of anilines is 1. The Bertz CT molecular complexity index is 710. The first-order valence-corrected chi connectivity index (χ1v) is 8.33. The van der Waals surface area contributed by atoms with Crippen molar-refractivity contribution in [2.24, 2.45) is 0 Å². The summed E-state index contributed by atoms with van der Waals surface area (Å²) < 4.78 is 49.7. The number of halogens is 4. The number of hydrogen-bond donors (Lipinski definition) is 1. The standard InChI is InChI=1S/C16H16ClF3N2O4/c17-12-2-1-10(9-11(12)16(18,19)20)21-13(23)14(24)22-5-3-15(4-6-22)25-7-8-26-15/h1-2,9H,3-8H2,(H,21,23). The molecule has 1 aromatic rings. The average molecular weight is 393 g/mol. The summed E-state index contributed by atoms with van der Waals surface area (Å²) in [5, 5.41) is 1.70. The fraction of sp³-hybridized carbons (Fsp3) is 0.500. The molecule has 10 heteroatoms. The molecule has 2 fully saturated rings. The Morgan fingerprint density at radius 1 is 1.15 bits per heavy atom. The van der Waals surface area contributed by atoms with Crippen LogP contribution in [0.2, 0.25) is 5.02 Å². The summed E-state index contributed by atoms with van der Waals surface area (Å²) in [6.45, 7) is 1.51. The number of piperidine rings is 1. The van der Waals surface area contributed by atoms with E-state index in [0.717, 1.165) is 6.07 Å². The number of nitrogens with one attached hydrogen (secondary N) is 1. The van der Waals surface area contributed by atoms with Crippen molar-refractivity contribution in [2.75, 3.05) is 31.6 Å². The van der Waals surface area contributed by atoms with Crippen LogP contribution in [0.5, 0.6) is 0 Å². The molecule has 0 unspecified atom stereocenters. The van der Waals surface area contributed by atoms with Crippen LogP contribution < -0.4 is 5.32 Å². The van der Waals surface area contributed by atoms with Crippen LogP contribution in [0.4, 0.5) is 18.9 Å². The van der Waals surface area contributed by atoms with Crippen LogP contribution in [0.1, 0.15) is 18.4 Å². The van der Waals surface area contributed by atoms with Gasteiger partial charge >= 0.3 is 18.0 Å². The molecule has 3 rings (SSSR count). The lowest BCUT2D eigenvalue weighted by molar-refractivity contribution is -0.187. The molecular formula is C16H16ClF3N2O4. The molecule has 6 nitrogen and oxygen atoms in total. The van der Waals surface area contributed by atoms with Crippen LogP contribution in [0, 0.1) is 0 Å². The molecule has 0 radical (unpaired) electrons. The molecule has 26 heavy (non-hydrogen) atoms. The molecule has 2 heterocycles. The number of amides is 2. The first-order chi connectivity index (χ1) is 12.2. The maximum absolute atomic E-state index is 12.9. The van der Waals surface area contributed by atoms with E-state index in [-0.39, 0.29) is 18.8 Å². The Hall–Kier alpha value is -1.84. The Kier molecular flexibility index (Phi) is 5.14. The molecule has 0 atom stereocenters. The van der Waals surface area contributed by atoms with Gasteiger partial charge in [-0.2, -0.15) is 13.2 Å². The van der Waals surface area contributed by atoms with Crippen LogP contribution in [0.15, 0.2) is 18.2 Å². The third-order valence-corrected chi connectivity index (χ3v) is 4.68. The van der Waals surface area contributed by atoms with Gasteiger partial charge in [0.2, 0.25) is 0 Å². The van der Waals surface area contributed by atoms with Crippen molar-refractivity contribution in [3.63, 3.8) is 0 Å². The molecule has 0 aromatic heterocycles. The number of carbonyl (C=O) groups is 2. The Morgan fingerprint density at radius 2 is 1.77 bits per heavy atom. The molecule has 2 saturated heterocycles. The highest BCUT2D eigenvalue weighted by atomic mass is 35.5. The van der Waals surface area contributed by atoms with Gasteiger partial charge in [-0.1, -0.05) is 11.6 Å². The quantitative estimate of drug-likeness (QED) is 0.746. The van der Waals surface area contributed by atoms with Gasteiger partial charge in [0.25, 0.3) is 0 Å². The van der Waals surface area contributed by atoms with Crippen LogP contribution in [0.25, 0.3) is 0 Å². The minimum absolute atomic E-state index is 0.156. The fourth-order valence-corrected chi connectivity index (χ4v) is 3.21. The first-order valence-electron chi connectivity index (χ1n) is 7.95. The Morgan fingerprint density at radius 3 is 2.35 bits per heavy atom. The van der Waals surface area contributed by atoms with E-state index in [4.69, 9.17) is 21.1 Å². The highest BCUT2D eigenvalue weighted by Gasteiger charge is 2.41. The van der Waals surface area contributed by atoms with Crippen LogP contribution >= 0.6 is 11.6 Å². The minimum atomic E-state index is -4.66. The van der Waals surface area contributed by atoms with E-state index < -0.39 is 34.4 Å². The zero-order valence-electron chi connectivity index (χ0n) is 13.6. The summed E-state index contributed by atoms with van der Waals surface area (Å²) in [6, 6.07) is 2.91. The molecular weight excluding hydrogens is 377 g/mol. The molecule has 0 aliphatic carbocycles. The molecule has 1 aromatic carbocycles. The van der Waals surface area contributed by atoms with Gasteiger partial charge in [0.05, 0.1) is 23.8 Å². The third kappa shape index (κ3) is 3.94. The number of ether oxygens (including phenoxy) is 2. The number of likely N-dealkylation sites (tertiary alicyclic amines) is 1. The molecule has 0 saturated carbocycles. The summed E-state index contributed by atoms with van der Waals surface area (Å²) in [5.41, 5.74) is -1.24. The van der Waals surface area contributed by atoms with Crippen molar-refractivity contribution < 1.29 is 32.2 Å². The van der Waals surface area contributed by atoms with Crippen molar-refractivity contribution in [1.29, 1.82) is 0 Å². The van der Waals surface area contributed by atoms with Crippen molar-refractivity contribution >= 4 is 29.1 Å². The molecule has 142 valence electrons. The number of alkyl halides is 3. The normalized spacial score (nSPS) is 19.6. The average Bonchev–Trinajstić information content (AvgIpc) is 3.03. The van der Waals surface area contributed by atoms with Gasteiger partial charge < -0.3 is 19.7 Å². The van der Waals surface area contributed by atoms with E-state index in [9.17, 15) is 22.8 Å². The lowest BCUT2D eigenvalue weighted by Crippen LogP contribution is -2.50. The van der Waals surface area contributed by atoms with Crippen LogP contribution in [0.3, 0.4) is 0 Å². The van der Waals surface area contributed by atoms with Gasteiger partial charge in [-0.05, 0) is 18.2 Å². The number of carbonyl (C=O) groups excluding carboxylic acids is 2. The Balaban J connectivity index is 1.62. The molecule has 2 amide bonds. The van der Waals surface area contributed by atoms with Crippen molar-refractivity contribution in [3.8, 4) is 0 Å². The van der Waals surface area contributed by atoms with Gasteiger partial charge in [-0.3, -0.25) is 9.59 Å². The van der Waals surface area contributed by atoms with E-state index in [1.165, 1.54) is 11.0 Å². The monoisotopic (exact) mass is 392 g/mol. The second kappa shape index (κ2) is 7.05. The summed E-state index contributed by atoms with van der Waals surface area (Å²) >= 11 is 5.53. The summed E-state index contributed by atoms with van der Waals surface area (Å²) in [4.78, 5) is 25.7. The zero-order chi connectivity index (χ0) is 18.9. The summed E-state index contributed by atoms with van der Waals surface area (Å²) in [5.74, 6) is -2.52. The maximum atomic E-state index is 12.9. The summed E-state index contributed by atoms with van der Waals surface area (Å²) in [6.07, 6.45) is -3.79. The van der Waals surface area contributed by atoms with E-state index >= 15 is 0 Å². The zero-order valence-corrected chi connectivity index (χ0v) is 14.3. The van der Waals surface area contributed by atoms with Gasteiger partial charge in [0, 0.05) is 31.6 Å². The van der Waals surface area contributed by atoms with Gasteiger partial charge in [-0.25, -0.2) is 0 Å². The fourth-order valence-electron chi connectivity index (χ4n) is 2.98. The van der Waals surface area contributed by atoms with Gasteiger partial charge in [-0.15, -0.1) is 0 Å². The lowest BCUT2D eigenvalue weighted by atomic mass is 10.0. The largest absolute Gasteiger partial charge is 0.417 e. The van der Waals surface area contributed by atoms with Gasteiger partial charge in [0.15, 0.2) is 5.79 Å². The molecule has 1 spiro atoms. The first kappa shape index (κ1) is 18.9. The summed E-state index contributed by atoms with van der Waals surface area (Å²) in [7, 11) is 0. The minimum Gasteiger partial charge on any atom is -0.347 e. The van der Waals surface area contributed by atoms with E-state index in [1.807, 2.05) is 0 Å². The van der Waals surface area contributed by atoms with E-state index in [0.29, 0.717) is 32.1 Å². The number of rotatable bonds is 1. The molecule has 2 aliphatic rings. The predicted molar refractivity (Wildman–Crippen MR) is 85.5 cm³/mol. The topological polar surface area (TPSA) is 67.9 Å². The van der Waals surface area contributed by atoms with E-state index in [2.05, 4.69) is 5.32 Å². The highest BCUT2D eigenvalue weighted by Crippen LogP contribution is 2.36. The van der Waals surface area contributed by atoms with Crippen LogP contribution in [-0.4, -0.2) is 48.8 Å². The predicted octanol–water partition coefficient (Wildman–Crippen LogP) is 2.66. The SMILES string of the molecule is O=C(Nc1ccc(Cl)c(C(F)(F)F)c1)C(=O)N1CCC2(CC1)OCCO2. The highest BCUT2D eigenvalue weighted by molar-refractivity contribution is 6.39.